The molecule has 1 saturated carbocycles. The summed E-state index contributed by atoms with van der Waals surface area (Å²) in [7, 11) is 0. The molecule has 2 saturated heterocycles. The quantitative estimate of drug-likeness (QED) is 0.738. The highest BCUT2D eigenvalue weighted by Gasteiger charge is 2.41. The number of amides is 2. The van der Waals surface area contributed by atoms with Crippen molar-refractivity contribution in [3.8, 4) is 5.75 Å². The van der Waals surface area contributed by atoms with E-state index in [2.05, 4.69) is 30.6 Å². The van der Waals surface area contributed by atoms with Crippen molar-refractivity contribution in [1.82, 2.24) is 15.1 Å². The first-order chi connectivity index (χ1) is 15.4. The topological polar surface area (TPSA) is 71.1 Å². The van der Waals surface area contributed by atoms with Gasteiger partial charge in [-0.15, -0.1) is 0 Å². The van der Waals surface area contributed by atoms with E-state index in [1.54, 1.807) is 4.90 Å². The van der Waals surface area contributed by atoms with Crippen LogP contribution in [0.4, 0.5) is 0 Å². The number of allylic oxidation sites excluding steroid dienone is 1. The molecule has 0 radical (unpaired) electrons. The maximum Gasteiger partial charge on any atom is 0.255 e. The second-order valence-corrected chi connectivity index (χ2v) is 9.81. The van der Waals surface area contributed by atoms with Gasteiger partial charge < -0.3 is 19.7 Å². The number of piperidine rings is 1. The summed E-state index contributed by atoms with van der Waals surface area (Å²) in [4.78, 5) is 29.5. The molecule has 0 bridgehead atoms. The molecule has 2 amide bonds. The van der Waals surface area contributed by atoms with Crippen molar-refractivity contribution in [2.75, 3.05) is 13.1 Å². The van der Waals surface area contributed by atoms with Gasteiger partial charge in [0.05, 0.1) is 12.2 Å². The van der Waals surface area contributed by atoms with Gasteiger partial charge >= 0.3 is 0 Å². The number of likely N-dealkylation sites (tertiary alicyclic amines) is 1. The third-order valence-electron chi connectivity index (χ3n) is 7.12. The molecule has 7 heteroatoms. The number of rotatable bonds is 6. The van der Waals surface area contributed by atoms with Crippen LogP contribution in [0.2, 0.25) is 0 Å². The molecule has 32 heavy (non-hydrogen) atoms. The van der Waals surface area contributed by atoms with E-state index in [0.717, 1.165) is 42.9 Å². The summed E-state index contributed by atoms with van der Waals surface area (Å²) in [5.74, 6) is 0.601. The minimum Gasteiger partial charge on any atom is -0.489 e. The molecular formula is C25H33N3O4. The lowest BCUT2D eigenvalue weighted by Gasteiger charge is -2.45. The van der Waals surface area contributed by atoms with E-state index in [0.29, 0.717) is 37.1 Å². The second-order valence-electron chi connectivity index (χ2n) is 9.81. The minimum absolute atomic E-state index is 0.0743. The molecular weight excluding hydrogens is 406 g/mol. The standard InChI is InChI=1S/C25H33N3O4/c1-15(2)31-19-13-27(14-19)21-5-4-6-23(21)32-18-8-9-20-17(11-18)12-28(25(20)30)22-10-7-16(3)26-24(22)29/h8-9,11,15,19,21-23H,3-7,10,12-14H2,1-2H3,(H,26,29)/t21-,22?,23-/m1/s1. The Hall–Kier alpha value is -2.38. The molecule has 1 unspecified atom stereocenters. The molecule has 5 rings (SSSR count). The molecule has 7 nitrogen and oxygen atoms in total. The summed E-state index contributed by atoms with van der Waals surface area (Å²) >= 11 is 0. The molecule has 172 valence electrons. The minimum atomic E-state index is -0.434. The Labute approximate surface area is 189 Å². The van der Waals surface area contributed by atoms with Crippen LogP contribution in [0.1, 0.15) is 61.9 Å². The zero-order valence-corrected chi connectivity index (χ0v) is 19.0. The number of benzene rings is 1. The van der Waals surface area contributed by atoms with Crippen molar-refractivity contribution in [3.05, 3.63) is 41.6 Å². The van der Waals surface area contributed by atoms with Crippen LogP contribution in [0, 0.1) is 0 Å². The summed E-state index contributed by atoms with van der Waals surface area (Å²) in [6.07, 6.45) is 5.45. The van der Waals surface area contributed by atoms with Crippen LogP contribution >= 0.6 is 0 Å². The first-order valence-corrected chi connectivity index (χ1v) is 11.9. The Morgan fingerprint density at radius 3 is 2.72 bits per heavy atom. The van der Waals surface area contributed by atoms with E-state index in [9.17, 15) is 9.59 Å². The molecule has 3 heterocycles. The van der Waals surface area contributed by atoms with Gasteiger partial charge in [-0.05, 0) is 69.7 Å². The molecule has 1 aliphatic carbocycles. The maximum atomic E-state index is 12.9. The first-order valence-electron chi connectivity index (χ1n) is 11.9. The van der Waals surface area contributed by atoms with Crippen LogP contribution in [0.3, 0.4) is 0 Å². The molecule has 3 atom stereocenters. The summed E-state index contributed by atoms with van der Waals surface area (Å²) in [5, 5.41) is 2.79. The van der Waals surface area contributed by atoms with Crippen molar-refractivity contribution in [2.45, 2.75) is 82.9 Å². The van der Waals surface area contributed by atoms with Crippen LogP contribution in [0.5, 0.6) is 5.75 Å². The molecule has 4 aliphatic rings. The summed E-state index contributed by atoms with van der Waals surface area (Å²) in [6, 6.07) is 5.73. The molecule has 1 N–H and O–H groups in total. The van der Waals surface area contributed by atoms with Gasteiger partial charge in [-0.3, -0.25) is 14.5 Å². The van der Waals surface area contributed by atoms with Gasteiger partial charge in [0.15, 0.2) is 0 Å². The van der Waals surface area contributed by atoms with Gasteiger partial charge in [-0.25, -0.2) is 0 Å². The molecule has 3 fully saturated rings. The maximum absolute atomic E-state index is 12.9. The number of hydrogen-bond donors (Lipinski definition) is 1. The van der Waals surface area contributed by atoms with Crippen molar-refractivity contribution in [2.24, 2.45) is 0 Å². The van der Waals surface area contributed by atoms with Crippen molar-refractivity contribution >= 4 is 11.8 Å². The van der Waals surface area contributed by atoms with Crippen LogP contribution < -0.4 is 10.1 Å². The fourth-order valence-electron chi connectivity index (χ4n) is 5.55. The van der Waals surface area contributed by atoms with Crippen LogP contribution in [0.25, 0.3) is 0 Å². The van der Waals surface area contributed by atoms with Gasteiger partial charge in [-0.2, -0.15) is 0 Å². The summed E-state index contributed by atoms with van der Waals surface area (Å²) < 4.78 is 12.3. The normalized spacial score (nSPS) is 28.8. The predicted octanol–water partition coefficient (Wildman–Crippen LogP) is 2.84. The van der Waals surface area contributed by atoms with Crippen molar-refractivity contribution in [1.29, 1.82) is 0 Å². The Kier molecular flexibility index (Phi) is 5.72. The summed E-state index contributed by atoms with van der Waals surface area (Å²) in [5.41, 5.74) is 2.34. The third-order valence-corrected chi connectivity index (χ3v) is 7.12. The van der Waals surface area contributed by atoms with E-state index < -0.39 is 6.04 Å². The predicted molar refractivity (Wildman–Crippen MR) is 120 cm³/mol. The highest BCUT2D eigenvalue weighted by Crippen LogP contribution is 2.35. The number of hydrogen-bond acceptors (Lipinski definition) is 5. The van der Waals surface area contributed by atoms with Gasteiger partial charge in [0.2, 0.25) is 5.91 Å². The SMILES string of the molecule is C=C1CCC(N2Cc3cc(O[C@@H]4CCC[C@H]4N4CC(OC(C)C)C4)ccc3C2=O)C(=O)N1. The van der Waals surface area contributed by atoms with Crippen molar-refractivity contribution in [3.63, 3.8) is 0 Å². The van der Waals surface area contributed by atoms with Crippen molar-refractivity contribution < 1.29 is 19.1 Å². The third kappa shape index (κ3) is 4.04. The number of carbonyl (C=O) groups excluding carboxylic acids is 2. The molecule has 3 aliphatic heterocycles. The fraction of sp³-hybridized carbons (Fsp3) is 0.600. The van der Waals surface area contributed by atoms with Gasteiger partial charge in [-0.1, -0.05) is 6.58 Å². The van der Waals surface area contributed by atoms with E-state index in [4.69, 9.17) is 9.47 Å². The Balaban J connectivity index is 1.23. The zero-order valence-electron chi connectivity index (χ0n) is 19.0. The second kappa shape index (κ2) is 8.52. The molecule has 0 aromatic heterocycles. The van der Waals surface area contributed by atoms with Crippen LogP contribution in [-0.2, 0) is 16.1 Å². The largest absolute Gasteiger partial charge is 0.489 e. The Bertz CT molecular complexity index is 924. The first kappa shape index (κ1) is 21.5. The van der Waals surface area contributed by atoms with Gasteiger partial charge in [0.1, 0.15) is 17.9 Å². The Morgan fingerprint density at radius 1 is 1.16 bits per heavy atom. The van der Waals surface area contributed by atoms with E-state index in [1.165, 1.54) is 6.42 Å². The van der Waals surface area contributed by atoms with Crippen LogP contribution in [0.15, 0.2) is 30.5 Å². The number of carbonyl (C=O) groups is 2. The number of nitrogens with zero attached hydrogens (tertiary/aromatic N) is 2. The molecule has 1 aromatic carbocycles. The Morgan fingerprint density at radius 2 is 1.97 bits per heavy atom. The number of ether oxygens (including phenoxy) is 2. The summed E-state index contributed by atoms with van der Waals surface area (Å²) in [6.45, 7) is 10.4. The fourth-order valence-corrected chi connectivity index (χ4v) is 5.55. The highest BCUT2D eigenvalue weighted by atomic mass is 16.5. The lowest BCUT2D eigenvalue weighted by atomic mass is 10.0. The van der Waals surface area contributed by atoms with Gasteiger partial charge in [0.25, 0.3) is 5.91 Å². The van der Waals surface area contributed by atoms with E-state index in [1.807, 2.05) is 18.2 Å². The smallest absolute Gasteiger partial charge is 0.255 e. The number of fused-ring (bicyclic) bond motifs is 1. The monoisotopic (exact) mass is 439 g/mol. The zero-order chi connectivity index (χ0) is 22.4. The van der Waals surface area contributed by atoms with E-state index >= 15 is 0 Å². The average molecular weight is 440 g/mol. The lowest BCUT2D eigenvalue weighted by molar-refractivity contribution is -0.126. The van der Waals surface area contributed by atoms with E-state index in [-0.39, 0.29) is 24.0 Å². The molecule has 0 spiro atoms. The number of nitrogens with one attached hydrogen (secondary N) is 1. The highest BCUT2D eigenvalue weighted by molar-refractivity contribution is 6.01. The average Bonchev–Trinajstić information content (AvgIpc) is 3.28. The lowest BCUT2D eigenvalue weighted by Crippen LogP contribution is -2.59. The molecule has 1 aromatic rings. The van der Waals surface area contributed by atoms with Crippen LogP contribution in [-0.4, -0.2) is 65.1 Å². The van der Waals surface area contributed by atoms with Gasteiger partial charge in [0, 0.05) is 36.9 Å².